The van der Waals surface area contributed by atoms with Gasteiger partial charge in [-0.3, -0.25) is 20.0 Å². The summed E-state index contributed by atoms with van der Waals surface area (Å²) in [5.74, 6) is 3.51. The van der Waals surface area contributed by atoms with E-state index in [9.17, 15) is 0 Å². The van der Waals surface area contributed by atoms with Crippen LogP contribution in [0, 0.1) is 0 Å². The summed E-state index contributed by atoms with van der Waals surface area (Å²) in [6.45, 7) is 5.42. The molecular weight excluding hydrogens is 488 g/mol. The van der Waals surface area contributed by atoms with Crippen molar-refractivity contribution >= 4 is 11.6 Å². The number of ether oxygens (including phenoxy) is 3. The molecule has 3 aromatic heterocycles. The molecule has 5 heterocycles. The second-order valence-corrected chi connectivity index (χ2v) is 8.90. The molecule has 13 nitrogen and oxygen atoms in total. The largest absolute Gasteiger partial charge is 0.489 e. The van der Waals surface area contributed by atoms with Gasteiger partial charge < -0.3 is 14.2 Å². The quantitative estimate of drug-likeness (QED) is 0.338. The van der Waals surface area contributed by atoms with Crippen LogP contribution >= 0.6 is 0 Å². The summed E-state index contributed by atoms with van der Waals surface area (Å²) in [5, 5.41) is 5.98. The van der Waals surface area contributed by atoms with Gasteiger partial charge in [-0.25, -0.2) is 15.0 Å². The van der Waals surface area contributed by atoms with Crippen molar-refractivity contribution < 1.29 is 14.2 Å². The minimum Gasteiger partial charge on any atom is -0.489 e. The number of fused-ring (bicyclic) bond motifs is 1. The normalized spacial score (nSPS) is 15.2. The highest BCUT2D eigenvalue weighted by Gasteiger charge is 2.23. The maximum atomic E-state index is 5.84. The molecule has 38 heavy (non-hydrogen) atoms. The molecule has 1 aromatic carbocycles. The van der Waals surface area contributed by atoms with Crippen molar-refractivity contribution in [3.05, 3.63) is 60.8 Å². The SMILES string of the molecule is Cn1cc(Oc2cnc3c(n2)N(Cc2cccc(-c4ncc(OCCN5CCOCC5)cn4)c2)NN3)cn1. The first-order chi connectivity index (χ1) is 18.7. The summed E-state index contributed by atoms with van der Waals surface area (Å²) in [5.41, 5.74) is 8.09. The van der Waals surface area contributed by atoms with Gasteiger partial charge in [-0.05, 0) is 11.6 Å². The highest BCUT2D eigenvalue weighted by Crippen LogP contribution is 2.30. The average molecular weight is 517 g/mol. The van der Waals surface area contributed by atoms with Crippen LogP contribution in [0.25, 0.3) is 11.4 Å². The van der Waals surface area contributed by atoms with Crippen LogP contribution in [0.1, 0.15) is 5.56 Å². The zero-order valence-electron chi connectivity index (χ0n) is 20.9. The summed E-state index contributed by atoms with van der Waals surface area (Å²) in [6.07, 6.45) is 8.39. The van der Waals surface area contributed by atoms with Crippen molar-refractivity contribution in [3.8, 4) is 28.8 Å². The van der Waals surface area contributed by atoms with Gasteiger partial charge in [0.2, 0.25) is 5.88 Å². The van der Waals surface area contributed by atoms with Crippen molar-refractivity contribution in [2.75, 3.05) is 49.9 Å². The number of nitrogens with zero attached hydrogens (tertiary/aromatic N) is 8. The molecule has 1 saturated heterocycles. The Labute approximate surface area is 219 Å². The van der Waals surface area contributed by atoms with E-state index < -0.39 is 0 Å². The maximum Gasteiger partial charge on any atom is 0.240 e. The van der Waals surface area contributed by atoms with E-state index >= 15 is 0 Å². The van der Waals surface area contributed by atoms with Gasteiger partial charge in [-0.15, -0.1) is 5.53 Å². The lowest BCUT2D eigenvalue weighted by molar-refractivity contribution is 0.0322. The van der Waals surface area contributed by atoms with Crippen molar-refractivity contribution in [1.82, 2.24) is 40.2 Å². The smallest absolute Gasteiger partial charge is 0.240 e. The van der Waals surface area contributed by atoms with Crippen LogP contribution in [-0.2, 0) is 18.3 Å². The van der Waals surface area contributed by atoms with Gasteiger partial charge in [0.05, 0.1) is 50.7 Å². The molecule has 0 atom stereocenters. The van der Waals surface area contributed by atoms with E-state index in [4.69, 9.17) is 14.2 Å². The molecule has 2 N–H and O–H groups in total. The first kappa shape index (κ1) is 24.0. The van der Waals surface area contributed by atoms with Crippen LogP contribution in [0.15, 0.2) is 55.2 Å². The number of rotatable bonds is 9. The maximum absolute atomic E-state index is 5.84. The Morgan fingerprint density at radius 2 is 1.89 bits per heavy atom. The number of aromatic nitrogens is 6. The molecule has 2 aliphatic rings. The molecule has 0 radical (unpaired) electrons. The Kier molecular flexibility index (Phi) is 6.93. The number of anilines is 2. The lowest BCUT2D eigenvalue weighted by Gasteiger charge is -2.26. The van der Waals surface area contributed by atoms with Crippen molar-refractivity contribution in [2.45, 2.75) is 6.54 Å². The van der Waals surface area contributed by atoms with Crippen LogP contribution in [0.3, 0.4) is 0 Å². The van der Waals surface area contributed by atoms with Gasteiger partial charge in [0, 0.05) is 32.2 Å². The molecule has 2 aliphatic heterocycles. The Hall–Kier alpha value is -4.33. The predicted octanol–water partition coefficient (Wildman–Crippen LogP) is 2.02. The second-order valence-electron chi connectivity index (χ2n) is 8.90. The molecule has 196 valence electrons. The van der Waals surface area contributed by atoms with Gasteiger partial charge in [0.15, 0.2) is 29.0 Å². The molecule has 0 amide bonds. The lowest BCUT2D eigenvalue weighted by atomic mass is 10.1. The Balaban J connectivity index is 1.09. The van der Waals surface area contributed by atoms with Crippen molar-refractivity contribution in [2.24, 2.45) is 7.05 Å². The van der Waals surface area contributed by atoms with Gasteiger partial charge in [-0.2, -0.15) is 10.1 Å². The number of hydrazine groups is 2. The van der Waals surface area contributed by atoms with Gasteiger partial charge in [0.25, 0.3) is 0 Å². The number of hydrogen-bond acceptors (Lipinski definition) is 12. The number of hydrogen-bond donors (Lipinski definition) is 2. The van der Waals surface area contributed by atoms with E-state index in [0.29, 0.717) is 48.0 Å². The third kappa shape index (κ3) is 5.64. The minimum absolute atomic E-state index is 0.377. The molecule has 6 rings (SSSR count). The third-order valence-electron chi connectivity index (χ3n) is 6.13. The molecule has 0 unspecified atom stereocenters. The molecule has 13 heteroatoms. The van der Waals surface area contributed by atoms with Crippen LogP contribution in [0.4, 0.5) is 11.6 Å². The molecule has 0 saturated carbocycles. The fraction of sp³-hybridized carbons (Fsp3) is 0.320. The van der Waals surface area contributed by atoms with Crippen LogP contribution in [-0.4, -0.2) is 74.1 Å². The van der Waals surface area contributed by atoms with E-state index in [2.05, 4.69) is 47.0 Å². The summed E-state index contributed by atoms with van der Waals surface area (Å²) in [4.78, 5) is 20.4. The van der Waals surface area contributed by atoms with Crippen molar-refractivity contribution in [3.63, 3.8) is 0 Å². The molecular formula is C25H28N10O3. The van der Waals surface area contributed by atoms with Crippen molar-refractivity contribution in [1.29, 1.82) is 0 Å². The standard InChI is InChI=1S/C25H28N10O3/c1-33-17-21(14-29-33)38-22-15-28-24-25(30-22)35(32-31-24)16-18-3-2-4-19(11-18)23-26-12-20(13-27-23)37-10-7-34-5-8-36-9-6-34/h2-4,11-15,17,32H,5-10,16H2,1H3,(H,28,31). The third-order valence-corrected chi connectivity index (χ3v) is 6.13. The van der Waals surface area contributed by atoms with E-state index in [0.717, 1.165) is 44.0 Å². The van der Waals surface area contributed by atoms with E-state index in [-0.39, 0.29) is 0 Å². The Morgan fingerprint density at radius 1 is 1.03 bits per heavy atom. The van der Waals surface area contributed by atoms with E-state index in [1.54, 1.807) is 35.7 Å². The topological polar surface area (TPSA) is 128 Å². The monoisotopic (exact) mass is 516 g/mol. The number of morpholine rings is 1. The lowest BCUT2D eigenvalue weighted by Crippen LogP contribution is -2.38. The van der Waals surface area contributed by atoms with Gasteiger partial charge in [-0.1, -0.05) is 18.2 Å². The van der Waals surface area contributed by atoms with Gasteiger partial charge in [0.1, 0.15) is 6.61 Å². The fourth-order valence-electron chi connectivity index (χ4n) is 4.20. The van der Waals surface area contributed by atoms with Crippen LogP contribution < -0.4 is 25.4 Å². The Morgan fingerprint density at radius 3 is 2.71 bits per heavy atom. The molecule has 1 fully saturated rings. The number of nitrogens with one attached hydrogen (secondary N) is 2. The van der Waals surface area contributed by atoms with E-state index in [1.807, 2.05) is 30.3 Å². The second kappa shape index (κ2) is 11.0. The molecule has 0 bridgehead atoms. The summed E-state index contributed by atoms with van der Waals surface area (Å²) < 4.78 is 18.7. The first-order valence-electron chi connectivity index (χ1n) is 12.4. The fourth-order valence-corrected chi connectivity index (χ4v) is 4.20. The van der Waals surface area contributed by atoms with E-state index in [1.165, 1.54) is 0 Å². The number of aryl methyl sites for hydroxylation is 1. The average Bonchev–Trinajstić information content (AvgIpc) is 3.55. The highest BCUT2D eigenvalue weighted by atomic mass is 16.5. The minimum atomic E-state index is 0.377. The molecule has 0 spiro atoms. The zero-order chi connectivity index (χ0) is 25.7. The summed E-state index contributed by atoms with van der Waals surface area (Å²) in [7, 11) is 1.83. The number of benzene rings is 1. The Bertz CT molecular complexity index is 1370. The van der Waals surface area contributed by atoms with Gasteiger partial charge >= 0.3 is 0 Å². The first-order valence-corrected chi connectivity index (χ1v) is 12.4. The van der Waals surface area contributed by atoms with Crippen LogP contribution in [0.2, 0.25) is 0 Å². The predicted molar refractivity (Wildman–Crippen MR) is 138 cm³/mol. The highest BCUT2D eigenvalue weighted by molar-refractivity contribution is 5.65. The van der Waals surface area contributed by atoms with Crippen LogP contribution in [0.5, 0.6) is 17.4 Å². The molecule has 0 aliphatic carbocycles. The molecule has 4 aromatic rings. The zero-order valence-corrected chi connectivity index (χ0v) is 20.9. The summed E-state index contributed by atoms with van der Waals surface area (Å²) >= 11 is 0. The summed E-state index contributed by atoms with van der Waals surface area (Å²) in [6, 6.07) is 8.06.